The van der Waals surface area contributed by atoms with Crippen molar-refractivity contribution >= 4 is 39.0 Å². The molecule has 0 amide bonds. The van der Waals surface area contributed by atoms with Crippen LogP contribution in [0.15, 0.2) is 15.9 Å². The molecule has 5 heteroatoms. The van der Waals surface area contributed by atoms with E-state index in [-0.39, 0.29) is 24.6 Å². The fourth-order valence-electron chi connectivity index (χ4n) is 1.06. The van der Waals surface area contributed by atoms with Crippen LogP contribution in [0.25, 0.3) is 0 Å². The van der Waals surface area contributed by atoms with Crippen molar-refractivity contribution in [2.45, 2.75) is 19.3 Å². The summed E-state index contributed by atoms with van der Waals surface area (Å²) in [4.78, 5) is 23.3. The summed E-state index contributed by atoms with van der Waals surface area (Å²) in [6.07, 6.45) is 0.796. The van der Waals surface area contributed by atoms with Crippen LogP contribution >= 0.6 is 27.3 Å². The fraction of sp³-hybridized carbons (Fsp3) is 0.400. The molecule has 82 valence electrons. The average molecular weight is 291 g/mol. The number of halogens is 1. The normalized spacial score (nSPS) is 10.0. The van der Waals surface area contributed by atoms with Gasteiger partial charge in [0.25, 0.3) is 0 Å². The van der Waals surface area contributed by atoms with Gasteiger partial charge in [0.05, 0.1) is 13.5 Å². The Balaban J connectivity index is 2.37. The van der Waals surface area contributed by atoms with Crippen LogP contribution in [0.3, 0.4) is 0 Å². The van der Waals surface area contributed by atoms with E-state index in [0.717, 1.165) is 9.35 Å². The monoisotopic (exact) mass is 290 g/mol. The standard InChI is InChI=1S/C10H11BrO3S/c1-14-10(13)3-2-7(12)6-9-8(11)4-5-15-9/h4-5H,2-3,6H2,1H3. The lowest BCUT2D eigenvalue weighted by molar-refractivity contribution is -0.141. The highest BCUT2D eigenvalue weighted by Crippen LogP contribution is 2.23. The number of methoxy groups -OCH3 is 1. The molecular formula is C10H11BrO3S. The van der Waals surface area contributed by atoms with Gasteiger partial charge < -0.3 is 4.74 Å². The molecule has 0 aliphatic rings. The number of ether oxygens (including phenoxy) is 1. The molecule has 3 nitrogen and oxygen atoms in total. The Morgan fingerprint density at radius 3 is 2.73 bits per heavy atom. The smallest absolute Gasteiger partial charge is 0.305 e. The first-order valence-corrected chi connectivity index (χ1v) is 6.11. The second-order valence-electron chi connectivity index (χ2n) is 2.98. The number of ketones is 1. The van der Waals surface area contributed by atoms with E-state index in [0.29, 0.717) is 6.42 Å². The topological polar surface area (TPSA) is 43.4 Å². The molecule has 0 aliphatic carbocycles. The first-order chi connectivity index (χ1) is 7.13. The molecule has 0 radical (unpaired) electrons. The van der Waals surface area contributed by atoms with Crippen LogP contribution < -0.4 is 0 Å². The molecule has 0 saturated heterocycles. The lowest BCUT2D eigenvalue weighted by Crippen LogP contribution is -2.07. The molecule has 15 heavy (non-hydrogen) atoms. The highest BCUT2D eigenvalue weighted by Gasteiger charge is 2.10. The Labute approximate surface area is 101 Å². The van der Waals surface area contributed by atoms with Crippen LogP contribution in [0.2, 0.25) is 0 Å². The van der Waals surface area contributed by atoms with Crippen LogP contribution in [-0.4, -0.2) is 18.9 Å². The van der Waals surface area contributed by atoms with Crippen molar-refractivity contribution in [3.8, 4) is 0 Å². The molecular weight excluding hydrogens is 280 g/mol. The van der Waals surface area contributed by atoms with Gasteiger partial charge in [-0.2, -0.15) is 0 Å². The summed E-state index contributed by atoms with van der Waals surface area (Å²) in [5.41, 5.74) is 0. The maximum Gasteiger partial charge on any atom is 0.305 e. The highest BCUT2D eigenvalue weighted by atomic mass is 79.9. The van der Waals surface area contributed by atoms with E-state index in [2.05, 4.69) is 20.7 Å². The molecule has 1 rings (SSSR count). The van der Waals surface area contributed by atoms with Gasteiger partial charge in [0.1, 0.15) is 5.78 Å². The summed E-state index contributed by atoms with van der Waals surface area (Å²) in [7, 11) is 1.32. The van der Waals surface area contributed by atoms with E-state index in [1.54, 1.807) is 0 Å². The number of esters is 1. The van der Waals surface area contributed by atoms with Crippen LogP contribution in [0.4, 0.5) is 0 Å². The zero-order chi connectivity index (χ0) is 11.3. The Bertz CT molecular complexity index is 359. The van der Waals surface area contributed by atoms with Crippen LogP contribution in [0, 0.1) is 0 Å². The minimum Gasteiger partial charge on any atom is -0.469 e. The van der Waals surface area contributed by atoms with E-state index >= 15 is 0 Å². The van der Waals surface area contributed by atoms with Crippen molar-refractivity contribution < 1.29 is 14.3 Å². The molecule has 0 atom stereocenters. The molecule has 0 bridgehead atoms. The molecule has 0 aliphatic heterocycles. The Morgan fingerprint density at radius 1 is 1.47 bits per heavy atom. The minimum absolute atomic E-state index is 0.0588. The van der Waals surface area contributed by atoms with Gasteiger partial charge in [-0.05, 0) is 27.4 Å². The van der Waals surface area contributed by atoms with E-state index in [1.807, 2.05) is 11.4 Å². The molecule has 1 aromatic heterocycles. The zero-order valence-electron chi connectivity index (χ0n) is 8.29. The SMILES string of the molecule is COC(=O)CCC(=O)Cc1sccc1Br. The van der Waals surface area contributed by atoms with Crippen molar-refractivity contribution in [1.29, 1.82) is 0 Å². The summed E-state index contributed by atoms with van der Waals surface area (Å²) >= 11 is 4.89. The Hall–Kier alpha value is -0.680. The van der Waals surface area contributed by atoms with Gasteiger partial charge in [0.15, 0.2) is 0 Å². The van der Waals surface area contributed by atoms with Gasteiger partial charge in [-0.15, -0.1) is 11.3 Å². The molecule has 1 aromatic rings. The average Bonchev–Trinajstić information content (AvgIpc) is 2.61. The lowest BCUT2D eigenvalue weighted by atomic mass is 10.1. The van der Waals surface area contributed by atoms with Crippen LogP contribution in [-0.2, 0) is 20.7 Å². The molecule has 1 heterocycles. The molecule has 0 N–H and O–H groups in total. The van der Waals surface area contributed by atoms with Crippen molar-refractivity contribution in [3.05, 3.63) is 20.8 Å². The van der Waals surface area contributed by atoms with Gasteiger partial charge in [-0.1, -0.05) is 0 Å². The Morgan fingerprint density at radius 2 is 2.20 bits per heavy atom. The maximum absolute atomic E-state index is 11.5. The number of Topliss-reactive ketones (excluding diaryl/α,β-unsaturated/α-hetero) is 1. The second kappa shape index (κ2) is 6.02. The number of hydrogen-bond donors (Lipinski definition) is 0. The third-order valence-corrected chi connectivity index (χ3v) is 3.81. The first kappa shape index (κ1) is 12.4. The van der Waals surface area contributed by atoms with Gasteiger partial charge in [0.2, 0.25) is 0 Å². The largest absolute Gasteiger partial charge is 0.469 e. The van der Waals surface area contributed by atoms with E-state index in [1.165, 1.54) is 18.4 Å². The van der Waals surface area contributed by atoms with E-state index in [4.69, 9.17) is 0 Å². The summed E-state index contributed by atoms with van der Waals surface area (Å²) in [6.45, 7) is 0. The van der Waals surface area contributed by atoms with Crippen LogP contribution in [0.1, 0.15) is 17.7 Å². The third-order valence-electron chi connectivity index (χ3n) is 1.88. The maximum atomic E-state index is 11.5. The quantitative estimate of drug-likeness (QED) is 0.783. The van der Waals surface area contributed by atoms with Crippen molar-refractivity contribution in [2.24, 2.45) is 0 Å². The number of carbonyl (C=O) groups is 2. The first-order valence-electron chi connectivity index (χ1n) is 4.44. The van der Waals surface area contributed by atoms with Gasteiger partial charge in [-0.3, -0.25) is 9.59 Å². The number of carbonyl (C=O) groups excluding carboxylic acids is 2. The predicted molar refractivity (Wildman–Crippen MR) is 62.0 cm³/mol. The molecule has 0 unspecified atom stereocenters. The third kappa shape index (κ3) is 4.13. The second-order valence-corrected chi connectivity index (χ2v) is 4.84. The van der Waals surface area contributed by atoms with Crippen molar-refractivity contribution in [3.63, 3.8) is 0 Å². The van der Waals surface area contributed by atoms with E-state index in [9.17, 15) is 9.59 Å². The van der Waals surface area contributed by atoms with Gasteiger partial charge in [-0.25, -0.2) is 0 Å². The summed E-state index contributed by atoms with van der Waals surface area (Å²) in [5, 5.41) is 1.92. The van der Waals surface area contributed by atoms with Crippen LogP contribution in [0.5, 0.6) is 0 Å². The summed E-state index contributed by atoms with van der Waals surface area (Å²) < 4.78 is 5.42. The fourth-order valence-corrected chi connectivity index (χ4v) is 2.58. The Kier molecular flexibility index (Phi) is 4.98. The lowest BCUT2D eigenvalue weighted by Gasteiger charge is -1.99. The summed E-state index contributed by atoms with van der Waals surface area (Å²) in [5.74, 6) is -0.280. The van der Waals surface area contributed by atoms with Gasteiger partial charge >= 0.3 is 5.97 Å². The zero-order valence-corrected chi connectivity index (χ0v) is 10.7. The number of thiophene rings is 1. The molecule has 0 fully saturated rings. The van der Waals surface area contributed by atoms with Crippen molar-refractivity contribution in [1.82, 2.24) is 0 Å². The van der Waals surface area contributed by atoms with Crippen molar-refractivity contribution in [2.75, 3.05) is 7.11 Å². The summed E-state index contributed by atoms with van der Waals surface area (Å²) in [6, 6.07) is 1.91. The molecule has 0 aromatic carbocycles. The molecule has 0 spiro atoms. The molecule has 0 saturated carbocycles. The van der Waals surface area contributed by atoms with Gasteiger partial charge in [0, 0.05) is 22.2 Å². The number of rotatable bonds is 5. The minimum atomic E-state index is -0.339. The predicted octanol–water partition coefficient (Wildman–Crippen LogP) is 2.58. The number of hydrogen-bond acceptors (Lipinski definition) is 4. The van der Waals surface area contributed by atoms with E-state index < -0.39 is 0 Å². The highest BCUT2D eigenvalue weighted by molar-refractivity contribution is 9.10.